The highest BCUT2D eigenvalue weighted by atomic mass is 16.2. The first kappa shape index (κ1) is 16.9. The van der Waals surface area contributed by atoms with E-state index in [1.165, 1.54) is 4.90 Å². The number of Topliss-reactive ketones (excluding diaryl/α,β-unsaturated/α-hetero) is 1. The first-order valence-electron chi connectivity index (χ1n) is 9.54. The average Bonchev–Trinajstić information content (AvgIpc) is 2.97. The summed E-state index contributed by atoms with van der Waals surface area (Å²) in [5, 5.41) is 4.13. The molecule has 2 saturated heterocycles. The van der Waals surface area contributed by atoms with E-state index in [0.717, 1.165) is 16.5 Å². The second-order valence-corrected chi connectivity index (χ2v) is 7.50. The number of rotatable bonds is 2. The Hall–Kier alpha value is -3.22. The molecule has 1 N–H and O–H groups in total. The molecule has 7 heteroatoms. The van der Waals surface area contributed by atoms with Crippen molar-refractivity contribution in [2.45, 2.75) is 31.7 Å². The van der Waals surface area contributed by atoms with Gasteiger partial charge in [-0.2, -0.15) is 0 Å². The van der Waals surface area contributed by atoms with Crippen LogP contribution in [0.4, 0.5) is 11.4 Å². The molecule has 2 aromatic carbocycles. The minimum atomic E-state index is -0.681. The number of imide groups is 1. The van der Waals surface area contributed by atoms with Crippen molar-refractivity contribution in [1.82, 2.24) is 5.32 Å². The molecule has 2 aromatic rings. The van der Waals surface area contributed by atoms with Crippen LogP contribution in [0.25, 0.3) is 10.8 Å². The molecule has 142 valence electrons. The molecule has 0 radical (unpaired) electrons. The minimum absolute atomic E-state index is 0.207. The molecule has 0 spiro atoms. The number of benzene rings is 2. The molecule has 3 aliphatic heterocycles. The number of hydrogen-bond donors (Lipinski definition) is 1. The van der Waals surface area contributed by atoms with Crippen LogP contribution in [0.1, 0.15) is 36.0 Å². The number of amides is 3. The quantitative estimate of drug-likeness (QED) is 0.806. The number of carbonyl (C=O) groups excluding carboxylic acids is 4. The fraction of sp³-hybridized carbons (Fsp3) is 0.333. The van der Waals surface area contributed by atoms with E-state index >= 15 is 0 Å². The number of nitrogens with zero attached hydrogens (tertiary/aromatic N) is 2. The van der Waals surface area contributed by atoms with E-state index in [-0.39, 0.29) is 24.0 Å². The third-order valence-electron chi connectivity index (χ3n) is 5.89. The number of ketones is 1. The molecule has 0 aliphatic carbocycles. The zero-order chi connectivity index (χ0) is 19.4. The van der Waals surface area contributed by atoms with Gasteiger partial charge in [-0.15, -0.1) is 0 Å². The fourth-order valence-corrected chi connectivity index (χ4v) is 4.50. The van der Waals surface area contributed by atoms with Gasteiger partial charge in [0.15, 0.2) is 0 Å². The van der Waals surface area contributed by atoms with Gasteiger partial charge in [-0.25, -0.2) is 0 Å². The first-order chi connectivity index (χ1) is 13.5. The summed E-state index contributed by atoms with van der Waals surface area (Å²) in [4.78, 5) is 52.3. The Morgan fingerprint density at radius 1 is 0.893 bits per heavy atom. The number of nitrogens with one attached hydrogen (secondary N) is 1. The van der Waals surface area contributed by atoms with Crippen molar-refractivity contribution in [3.8, 4) is 0 Å². The number of carbonyl (C=O) groups is 4. The Morgan fingerprint density at radius 3 is 2.39 bits per heavy atom. The van der Waals surface area contributed by atoms with Gasteiger partial charge in [0.2, 0.25) is 11.8 Å². The van der Waals surface area contributed by atoms with E-state index in [4.69, 9.17) is 0 Å². The largest absolute Gasteiger partial charge is 0.370 e. The zero-order valence-electron chi connectivity index (χ0n) is 15.2. The van der Waals surface area contributed by atoms with Crippen LogP contribution in [0.2, 0.25) is 0 Å². The van der Waals surface area contributed by atoms with Gasteiger partial charge in [-0.05, 0) is 24.6 Å². The Balaban J connectivity index is 1.60. The molecule has 0 saturated carbocycles. The Labute approximate surface area is 161 Å². The summed E-state index contributed by atoms with van der Waals surface area (Å²) in [6.07, 6.45) is 1.61. The highest BCUT2D eigenvalue weighted by Crippen LogP contribution is 2.43. The Kier molecular flexibility index (Phi) is 3.72. The molecule has 0 bridgehead atoms. The molecule has 5 rings (SSSR count). The lowest BCUT2D eigenvalue weighted by molar-refractivity contribution is -0.134. The summed E-state index contributed by atoms with van der Waals surface area (Å²) in [6, 6.07) is 8.78. The third-order valence-corrected chi connectivity index (χ3v) is 5.89. The average molecular weight is 377 g/mol. The highest BCUT2D eigenvalue weighted by Gasteiger charge is 2.41. The van der Waals surface area contributed by atoms with E-state index in [9.17, 15) is 19.2 Å². The van der Waals surface area contributed by atoms with Gasteiger partial charge in [-0.3, -0.25) is 29.4 Å². The monoisotopic (exact) mass is 377 g/mol. The number of hydrogen-bond acceptors (Lipinski definition) is 5. The molecule has 0 aromatic heterocycles. The van der Waals surface area contributed by atoms with Crippen LogP contribution in [0.15, 0.2) is 30.3 Å². The summed E-state index contributed by atoms with van der Waals surface area (Å²) < 4.78 is 0. The van der Waals surface area contributed by atoms with Gasteiger partial charge < -0.3 is 4.90 Å². The summed E-state index contributed by atoms with van der Waals surface area (Å²) in [6.45, 7) is 1.34. The topological polar surface area (TPSA) is 86.8 Å². The van der Waals surface area contributed by atoms with Gasteiger partial charge in [0.25, 0.3) is 5.91 Å². The second kappa shape index (κ2) is 6.15. The summed E-state index contributed by atoms with van der Waals surface area (Å²) in [7, 11) is 0. The molecular formula is C21H19N3O4. The molecule has 3 aliphatic rings. The standard InChI is InChI=1S/C21H19N3O4/c25-12-8-10-23(11-9-12)15-4-5-16-19-13(15)2-1-3-14(19)21(28)24(16)17-6-7-18(26)22-20(17)27/h1-5,17H,6-11H2,(H,22,26,27). The molecule has 3 amide bonds. The maximum Gasteiger partial charge on any atom is 0.259 e. The lowest BCUT2D eigenvalue weighted by atomic mass is 10.0. The molecule has 1 atom stereocenters. The van der Waals surface area contributed by atoms with Gasteiger partial charge in [0, 0.05) is 54.4 Å². The predicted octanol–water partition coefficient (Wildman–Crippen LogP) is 1.77. The van der Waals surface area contributed by atoms with Crippen LogP contribution in [-0.4, -0.2) is 42.6 Å². The lowest BCUT2D eigenvalue weighted by Gasteiger charge is -2.31. The van der Waals surface area contributed by atoms with Crippen molar-refractivity contribution in [2.24, 2.45) is 0 Å². The Bertz CT molecular complexity index is 1050. The van der Waals surface area contributed by atoms with Gasteiger partial charge >= 0.3 is 0 Å². The van der Waals surface area contributed by atoms with Crippen molar-refractivity contribution in [3.05, 3.63) is 35.9 Å². The smallest absolute Gasteiger partial charge is 0.259 e. The van der Waals surface area contributed by atoms with Crippen LogP contribution in [0, 0.1) is 0 Å². The summed E-state index contributed by atoms with van der Waals surface area (Å²) >= 11 is 0. The van der Waals surface area contributed by atoms with Crippen LogP contribution >= 0.6 is 0 Å². The van der Waals surface area contributed by atoms with Crippen molar-refractivity contribution in [2.75, 3.05) is 22.9 Å². The zero-order valence-corrected chi connectivity index (χ0v) is 15.2. The number of anilines is 2. The maximum atomic E-state index is 13.1. The van der Waals surface area contributed by atoms with E-state index in [1.807, 2.05) is 24.3 Å². The number of piperidine rings is 2. The Morgan fingerprint density at radius 2 is 1.64 bits per heavy atom. The van der Waals surface area contributed by atoms with Crippen LogP contribution in [0.5, 0.6) is 0 Å². The molecular weight excluding hydrogens is 358 g/mol. The van der Waals surface area contributed by atoms with Crippen molar-refractivity contribution in [3.63, 3.8) is 0 Å². The molecule has 1 unspecified atom stereocenters. The fourth-order valence-electron chi connectivity index (χ4n) is 4.50. The van der Waals surface area contributed by atoms with Crippen LogP contribution in [-0.2, 0) is 14.4 Å². The van der Waals surface area contributed by atoms with Crippen molar-refractivity contribution < 1.29 is 19.2 Å². The van der Waals surface area contributed by atoms with Crippen molar-refractivity contribution in [1.29, 1.82) is 0 Å². The molecule has 7 nitrogen and oxygen atoms in total. The molecule has 28 heavy (non-hydrogen) atoms. The van der Waals surface area contributed by atoms with E-state index in [1.54, 1.807) is 6.07 Å². The minimum Gasteiger partial charge on any atom is -0.370 e. The van der Waals surface area contributed by atoms with Gasteiger partial charge in [0.1, 0.15) is 11.8 Å². The normalized spacial score (nSPS) is 22.2. The highest BCUT2D eigenvalue weighted by molar-refractivity contribution is 6.28. The maximum absolute atomic E-state index is 13.1. The van der Waals surface area contributed by atoms with Gasteiger partial charge in [-0.1, -0.05) is 12.1 Å². The predicted molar refractivity (Wildman–Crippen MR) is 103 cm³/mol. The first-order valence-corrected chi connectivity index (χ1v) is 9.54. The SMILES string of the molecule is O=C1CCN(c2ccc3c4c(cccc24)C(=O)N3C2CCC(=O)NC2=O)CC1. The second-order valence-electron chi connectivity index (χ2n) is 7.50. The van der Waals surface area contributed by atoms with Crippen molar-refractivity contribution >= 4 is 45.7 Å². The molecule has 3 heterocycles. The van der Waals surface area contributed by atoms with E-state index in [0.29, 0.717) is 43.6 Å². The van der Waals surface area contributed by atoms with E-state index in [2.05, 4.69) is 10.2 Å². The summed E-state index contributed by atoms with van der Waals surface area (Å²) in [5.74, 6) is -0.655. The molecule has 2 fully saturated rings. The van der Waals surface area contributed by atoms with E-state index < -0.39 is 11.9 Å². The van der Waals surface area contributed by atoms with Gasteiger partial charge in [0.05, 0.1) is 5.69 Å². The summed E-state index contributed by atoms with van der Waals surface area (Å²) in [5.41, 5.74) is 2.29. The van der Waals surface area contributed by atoms with Crippen LogP contribution < -0.4 is 15.1 Å². The van der Waals surface area contributed by atoms with Crippen LogP contribution in [0.3, 0.4) is 0 Å². The lowest BCUT2D eigenvalue weighted by Crippen LogP contribution is -2.53. The third kappa shape index (κ3) is 2.42.